The summed E-state index contributed by atoms with van der Waals surface area (Å²) in [4.78, 5) is 11.7. The van der Waals surface area contributed by atoms with Crippen LogP contribution in [0, 0.1) is 0 Å². The van der Waals surface area contributed by atoms with Gasteiger partial charge in [0.1, 0.15) is 10.1 Å². The lowest BCUT2D eigenvalue weighted by molar-refractivity contribution is 1.03. The average molecular weight is 267 g/mol. The van der Waals surface area contributed by atoms with Gasteiger partial charge in [0.25, 0.3) is 0 Å². The summed E-state index contributed by atoms with van der Waals surface area (Å²) in [7, 11) is 0. The van der Waals surface area contributed by atoms with Gasteiger partial charge < -0.3 is 0 Å². The van der Waals surface area contributed by atoms with E-state index in [1.165, 1.54) is 0 Å². The highest BCUT2D eigenvalue weighted by molar-refractivity contribution is 9.09. The summed E-state index contributed by atoms with van der Waals surface area (Å²) in [6.07, 6.45) is 1.83. The number of halogens is 3. The summed E-state index contributed by atoms with van der Waals surface area (Å²) in [5.41, 5.74) is 0.543. The van der Waals surface area contributed by atoms with Gasteiger partial charge in [0.15, 0.2) is 5.49 Å². The number of rotatable bonds is 0. The zero-order valence-electron chi connectivity index (χ0n) is 5.63. The van der Waals surface area contributed by atoms with Crippen molar-refractivity contribution in [2.45, 2.75) is 4.95 Å². The minimum Gasteiger partial charge on any atom is -0.247 e. The van der Waals surface area contributed by atoms with Gasteiger partial charge in [0.2, 0.25) is 5.28 Å². The van der Waals surface area contributed by atoms with Crippen LogP contribution in [-0.2, 0) is 0 Å². The lowest BCUT2D eigenvalue weighted by Gasteiger charge is -1.88. The molecule has 12 heavy (non-hydrogen) atoms. The lowest BCUT2D eigenvalue weighted by Crippen LogP contribution is -2.27. The fourth-order valence-corrected chi connectivity index (χ4v) is 1.83. The minimum absolute atomic E-state index is 0.0715. The van der Waals surface area contributed by atoms with Crippen LogP contribution in [0.15, 0.2) is 4.99 Å². The van der Waals surface area contributed by atoms with Gasteiger partial charge in [-0.05, 0) is 17.7 Å². The number of hydrogen-bond acceptors (Lipinski definition) is 3. The number of nitrogens with zero attached hydrogens (tertiary/aromatic N) is 3. The summed E-state index contributed by atoms with van der Waals surface area (Å²) in [6.45, 7) is 0. The number of aromatic nitrogens is 2. The van der Waals surface area contributed by atoms with E-state index in [0.717, 1.165) is 5.22 Å². The van der Waals surface area contributed by atoms with E-state index in [1.54, 1.807) is 0 Å². The van der Waals surface area contributed by atoms with Crippen LogP contribution in [0.2, 0.25) is 10.4 Å². The van der Waals surface area contributed by atoms with Crippen molar-refractivity contribution in [3.8, 4) is 0 Å². The summed E-state index contributed by atoms with van der Waals surface area (Å²) < 4.78 is 0. The molecule has 1 aromatic rings. The van der Waals surface area contributed by atoms with E-state index in [9.17, 15) is 0 Å². The first kappa shape index (κ1) is 8.41. The third kappa shape index (κ3) is 1.34. The summed E-state index contributed by atoms with van der Waals surface area (Å²) in [5.74, 6) is 0. The molecule has 1 aromatic heterocycles. The summed E-state index contributed by atoms with van der Waals surface area (Å²) >= 11 is 14.7. The van der Waals surface area contributed by atoms with Crippen LogP contribution in [0.1, 0.15) is 0 Å². The maximum absolute atomic E-state index is 5.79. The van der Waals surface area contributed by atoms with Crippen molar-refractivity contribution < 1.29 is 0 Å². The molecule has 0 fully saturated rings. The Morgan fingerprint density at radius 3 is 2.83 bits per heavy atom. The average Bonchev–Trinajstić information content (AvgIpc) is 2.29. The Balaban J connectivity index is 2.86. The van der Waals surface area contributed by atoms with E-state index in [4.69, 9.17) is 23.2 Å². The zero-order chi connectivity index (χ0) is 8.72. The van der Waals surface area contributed by atoms with Crippen molar-refractivity contribution in [1.29, 1.82) is 0 Å². The fourth-order valence-electron chi connectivity index (χ4n) is 0.939. The van der Waals surface area contributed by atoms with Gasteiger partial charge >= 0.3 is 0 Å². The predicted molar refractivity (Wildman–Crippen MR) is 50.0 cm³/mol. The van der Waals surface area contributed by atoms with Gasteiger partial charge in [-0.3, -0.25) is 0 Å². The highest BCUT2D eigenvalue weighted by atomic mass is 79.9. The maximum Gasteiger partial charge on any atom is 0.225 e. The van der Waals surface area contributed by atoms with Gasteiger partial charge in [0, 0.05) is 0 Å². The molecule has 1 aliphatic heterocycles. The molecule has 0 amide bonds. The Morgan fingerprint density at radius 1 is 1.33 bits per heavy atom. The molecule has 0 saturated heterocycles. The van der Waals surface area contributed by atoms with Crippen LogP contribution in [-0.4, -0.2) is 14.9 Å². The third-order valence-corrected chi connectivity index (χ3v) is 2.33. The van der Waals surface area contributed by atoms with Crippen LogP contribution < -0.4 is 10.7 Å². The highest BCUT2D eigenvalue weighted by Gasteiger charge is 2.09. The zero-order valence-corrected chi connectivity index (χ0v) is 8.73. The molecular formula is C6H2BrCl2N3. The van der Waals surface area contributed by atoms with Gasteiger partial charge in [-0.1, -0.05) is 27.5 Å². The fraction of sp³-hybridized carbons (Fsp3) is 0.167. The van der Waals surface area contributed by atoms with Crippen LogP contribution >= 0.6 is 39.1 Å². The molecule has 2 heterocycles. The van der Waals surface area contributed by atoms with E-state index in [-0.39, 0.29) is 10.2 Å². The molecule has 0 unspecified atom stereocenters. The topological polar surface area (TPSA) is 38.1 Å². The number of alkyl halides is 1. The second-order valence-corrected chi connectivity index (χ2v) is 3.82. The Hall–Kier alpha value is -0.190. The monoisotopic (exact) mass is 265 g/mol. The van der Waals surface area contributed by atoms with Crippen LogP contribution in [0.25, 0.3) is 6.08 Å². The smallest absolute Gasteiger partial charge is 0.225 e. The second-order valence-electron chi connectivity index (χ2n) is 2.19. The number of hydrogen-bond donors (Lipinski definition) is 0. The first-order chi connectivity index (χ1) is 5.66. The quantitative estimate of drug-likeness (QED) is 0.303. The largest absolute Gasteiger partial charge is 0.247 e. The standard InChI is InChI=1S/C6H2BrCl2N3/c7-3-1-2-4(8)11-6(9)12-5(2)10-3/h1,3H/t3-/m0/s1. The van der Waals surface area contributed by atoms with E-state index in [2.05, 4.69) is 30.9 Å². The van der Waals surface area contributed by atoms with Gasteiger partial charge in [-0.15, -0.1) is 0 Å². The predicted octanol–water partition coefficient (Wildman–Crippen LogP) is 0.918. The molecule has 0 aromatic carbocycles. The molecule has 0 spiro atoms. The van der Waals surface area contributed by atoms with E-state index in [1.807, 2.05) is 6.08 Å². The maximum atomic E-state index is 5.79. The molecule has 0 saturated carbocycles. The molecule has 2 rings (SSSR count). The van der Waals surface area contributed by atoms with E-state index >= 15 is 0 Å². The Morgan fingerprint density at radius 2 is 2.08 bits per heavy atom. The second kappa shape index (κ2) is 2.94. The first-order valence-corrected chi connectivity index (χ1v) is 4.77. The van der Waals surface area contributed by atoms with Crippen molar-refractivity contribution in [3.63, 3.8) is 0 Å². The normalized spacial score (nSPS) is 19.8. The third-order valence-electron chi connectivity index (χ3n) is 1.40. The first-order valence-electron chi connectivity index (χ1n) is 3.09. The Kier molecular flexibility index (Phi) is 2.06. The van der Waals surface area contributed by atoms with Gasteiger partial charge in [0.05, 0.1) is 5.22 Å². The van der Waals surface area contributed by atoms with Gasteiger partial charge in [-0.25, -0.2) is 9.98 Å². The van der Waals surface area contributed by atoms with Crippen LogP contribution in [0.4, 0.5) is 0 Å². The van der Waals surface area contributed by atoms with E-state index in [0.29, 0.717) is 10.6 Å². The summed E-state index contributed by atoms with van der Waals surface area (Å²) in [6, 6.07) is 0. The van der Waals surface area contributed by atoms with Crippen molar-refractivity contribution in [2.24, 2.45) is 4.99 Å². The van der Waals surface area contributed by atoms with Crippen molar-refractivity contribution in [1.82, 2.24) is 9.97 Å². The molecule has 62 valence electrons. The van der Waals surface area contributed by atoms with Gasteiger partial charge in [-0.2, -0.15) is 4.98 Å². The molecule has 1 aliphatic rings. The lowest BCUT2D eigenvalue weighted by atomic mass is 10.4. The molecule has 0 bridgehead atoms. The molecule has 6 heteroatoms. The Labute approximate surface area is 86.3 Å². The number of fused-ring (bicyclic) bond motifs is 1. The minimum atomic E-state index is -0.0715. The van der Waals surface area contributed by atoms with Crippen LogP contribution in [0.3, 0.4) is 0 Å². The van der Waals surface area contributed by atoms with Crippen molar-refractivity contribution >= 4 is 45.2 Å². The molecule has 0 aliphatic carbocycles. The molecule has 0 N–H and O–H groups in total. The Bertz CT molecular complexity index is 445. The highest BCUT2D eigenvalue weighted by Crippen LogP contribution is 2.07. The molecule has 1 atom stereocenters. The summed E-state index contributed by atoms with van der Waals surface area (Å²) in [5, 5.41) is 1.20. The van der Waals surface area contributed by atoms with Crippen molar-refractivity contribution in [2.75, 3.05) is 0 Å². The molecular weight excluding hydrogens is 265 g/mol. The van der Waals surface area contributed by atoms with E-state index < -0.39 is 0 Å². The van der Waals surface area contributed by atoms with Crippen LogP contribution in [0.5, 0.6) is 0 Å². The molecule has 0 radical (unpaired) electrons. The molecule has 3 nitrogen and oxygen atoms in total. The SMILES string of the molecule is Clc1nc(Cl)c2c(n1)=N[C@H](Br)C=2. The van der Waals surface area contributed by atoms with Crippen molar-refractivity contribution in [3.05, 3.63) is 21.1 Å².